The lowest BCUT2D eigenvalue weighted by atomic mass is 10.1. The molecule has 0 radical (unpaired) electrons. The fourth-order valence-corrected chi connectivity index (χ4v) is 2.48. The highest BCUT2D eigenvalue weighted by molar-refractivity contribution is 5.96. The quantitative estimate of drug-likeness (QED) is 0.772. The van der Waals surface area contributed by atoms with Crippen LogP contribution >= 0.6 is 0 Å². The van der Waals surface area contributed by atoms with Crippen LogP contribution in [0.1, 0.15) is 42.9 Å². The van der Waals surface area contributed by atoms with E-state index in [9.17, 15) is 9.59 Å². The third-order valence-corrected chi connectivity index (χ3v) is 4.01. The van der Waals surface area contributed by atoms with Crippen molar-refractivity contribution in [1.29, 1.82) is 0 Å². The Labute approximate surface area is 148 Å². The molecule has 1 aromatic heterocycles. The van der Waals surface area contributed by atoms with Crippen LogP contribution in [0, 0.1) is 0 Å². The van der Waals surface area contributed by atoms with E-state index in [1.807, 2.05) is 32.9 Å². The van der Waals surface area contributed by atoms with Crippen LogP contribution in [0.4, 0.5) is 5.69 Å². The molecule has 6 heteroatoms. The van der Waals surface area contributed by atoms with E-state index in [0.717, 1.165) is 5.76 Å². The zero-order valence-corrected chi connectivity index (χ0v) is 14.9. The Bertz CT molecular complexity index is 676. The van der Waals surface area contributed by atoms with Gasteiger partial charge in [0.25, 0.3) is 5.91 Å². The molecule has 0 bridgehead atoms. The molecule has 25 heavy (non-hydrogen) atoms. The largest absolute Gasteiger partial charge is 0.468 e. The summed E-state index contributed by atoms with van der Waals surface area (Å²) in [5.74, 6) is 0.630. The summed E-state index contributed by atoms with van der Waals surface area (Å²) in [5.41, 5.74) is 1.28. The zero-order valence-electron chi connectivity index (χ0n) is 14.9. The number of rotatable bonds is 8. The first-order chi connectivity index (χ1) is 12.0. The van der Waals surface area contributed by atoms with Crippen molar-refractivity contribution in [2.45, 2.75) is 26.8 Å². The molecule has 0 saturated heterocycles. The van der Waals surface area contributed by atoms with E-state index in [1.54, 1.807) is 35.4 Å². The van der Waals surface area contributed by atoms with Crippen molar-refractivity contribution < 1.29 is 14.0 Å². The molecule has 1 atom stereocenters. The van der Waals surface area contributed by atoms with Crippen LogP contribution in [0.3, 0.4) is 0 Å². The molecule has 2 rings (SSSR count). The fraction of sp³-hybridized carbons (Fsp3) is 0.368. The van der Waals surface area contributed by atoms with E-state index in [0.29, 0.717) is 24.3 Å². The Morgan fingerprint density at radius 2 is 1.80 bits per heavy atom. The number of carbonyl (C=O) groups excluding carboxylic acids is 2. The minimum Gasteiger partial charge on any atom is -0.468 e. The molecule has 1 heterocycles. The van der Waals surface area contributed by atoms with Gasteiger partial charge in [0.2, 0.25) is 5.91 Å². The van der Waals surface area contributed by atoms with Gasteiger partial charge in [-0.3, -0.25) is 14.9 Å². The third kappa shape index (κ3) is 5.19. The van der Waals surface area contributed by atoms with Crippen molar-refractivity contribution in [2.24, 2.45) is 0 Å². The number of hydrogen-bond donors (Lipinski definition) is 2. The topological polar surface area (TPSA) is 74.6 Å². The summed E-state index contributed by atoms with van der Waals surface area (Å²) in [4.78, 5) is 26.0. The Hall–Kier alpha value is -2.60. The van der Waals surface area contributed by atoms with Crippen LogP contribution in [0.5, 0.6) is 0 Å². The molecule has 0 aliphatic rings. The summed E-state index contributed by atoms with van der Waals surface area (Å²) in [6.45, 7) is 7.35. The molecule has 6 nitrogen and oxygen atoms in total. The Morgan fingerprint density at radius 3 is 2.36 bits per heavy atom. The smallest absolute Gasteiger partial charge is 0.253 e. The second-order valence-corrected chi connectivity index (χ2v) is 5.72. The van der Waals surface area contributed by atoms with Crippen LogP contribution < -0.4 is 10.6 Å². The SMILES string of the molecule is CCN(CC)C(=O)c1ccc(NC(=O)CN[C@H](C)c2ccco2)cc1. The Balaban J connectivity index is 1.86. The number of hydrogen-bond acceptors (Lipinski definition) is 4. The number of anilines is 1. The minimum absolute atomic E-state index is 0.00295. The van der Waals surface area contributed by atoms with Gasteiger partial charge >= 0.3 is 0 Å². The van der Waals surface area contributed by atoms with Crippen molar-refractivity contribution in [2.75, 3.05) is 25.0 Å². The fourth-order valence-electron chi connectivity index (χ4n) is 2.48. The maximum atomic E-state index is 12.3. The van der Waals surface area contributed by atoms with Crippen molar-refractivity contribution >= 4 is 17.5 Å². The molecular formula is C19H25N3O3. The van der Waals surface area contributed by atoms with Crippen LogP contribution in [-0.2, 0) is 4.79 Å². The number of benzene rings is 1. The normalized spacial score (nSPS) is 11.8. The molecule has 134 valence electrons. The van der Waals surface area contributed by atoms with Gasteiger partial charge in [-0.2, -0.15) is 0 Å². The molecule has 0 fully saturated rings. The summed E-state index contributed by atoms with van der Waals surface area (Å²) in [6.07, 6.45) is 1.61. The second kappa shape index (κ2) is 9.03. The van der Waals surface area contributed by atoms with Crippen molar-refractivity contribution in [1.82, 2.24) is 10.2 Å². The molecule has 0 unspecified atom stereocenters. The number of nitrogens with zero attached hydrogens (tertiary/aromatic N) is 1. The molecule has 2 N–H and O–H groups in total. The Kier molecular flexibility index (Phi) is 6.77. The number of nitrogens with one attached hydrogen (secondary N) is 2. The van der Waals surface area contributed by atoms with E-state index in [1.165, 1.54) is 0 Å². The average Bonchev–Trinajstić information content (AvgIpc) is 3.16. The molecule has 0 spiro atoms. The molecule has 0 aliphatic heterocycles. The zero-order chi connectivity index (χ0) is 18.2. The lowest BCUT2D eigenvalue weighted by Crippen LogP contribution is -2.30. The molecule has 0 saturated carbocycles. The maximum Gasteiger partial charge on any atom is 0.253 e. The van der Waals surface area contributed by atoms with Gasteiger partial charge in [-0.1, -0.05) is 0 Å². The van der Waals surface area contributed by atoms with Gasteiger partial charge in [-0.15, -0.1) is 0 Å². The molecule has 2 aromatic rings. The van der Waals surface area contributed by atoms with Crippen molar-refractivity contribution in [3.05, 3.63) is 54.0 Å². The molecular weight excluding hydrogens is 318 g/mol. The molecule has 1 aromatic carbocycles. The van der Waals surface area contributed by atoms with Crippen molar-refractivity contribution in [3.8, 4) is 0 Å². The molecule has 2 amide bonds. The van der Waals surface area contributed by atoms with Gasteiger partial charge in [0.15, 0.2) is 0 Å². The monoisotopic (exact) mass is 343 g/mol. The minimum atomic E-state index is -0.152. The number of carbonyl (C=O) groups is 2. The highest BCUT2D eigenvalue weighted by Crippen LogP contribution is 2.13. The van der Waals surface area contributed by atoms with Crippen LogP contribution in [0.2, 0.25) is 0 Å². The van der Waals surface area contributed by atoms with Crippen LogP contribution in [-0.4, -0.2) is 36.3 Å². The summed E-state index contributed by atoms with van der Waals surface area (Å²) in [5, 5.41) is 5.91. The number of furan rings is 1. The average molecular weight is 343 g/mol. The lowest BCUT2D eigenvalue weighted by molar-refractivity contribution is -0.115. The first-order valence-electron chi connectivity index (χ1n) is 8.51. The van der Waals surface area contributed by atoms with Crippen molar-refractivity contribution in [3.63, 3.8) is 0 Å². The van der Waals surface area contributed by atoms with Gasteiger partial charge in [-0.25, -0.2) is 0 Å². The highest BCUT2D eigenvalue weighted by atomic mass is 16.3. The van der Waals surface area contributed by atoms with Gasteiger partial charge in [0, 0.05) is 24.3 Å². The van der Waals surface area contributed by atoms with E-state index >= 15 is 0 Å². The van der Waals surface area contributed by atoms with Gasteiger partial charge < -0.3 is 14.6 Å². The van der Waals surface area contributed by atoms with Gasteiger partial charge in [0.1, 0.15) is 5.76 Å². The summed E-state index contributed by atoms with van der Waals surface area (Å²) in [7, 11) is 0. The van der Waals surface area contributed by atoms with E-state index in [2.05, 4.69) is 10.6 Å². The van der Waals surface area contributed by atoms with Gasteiger partial charge in [0.05, 0.1) is 18.8 Å². The van der Waals surface area contributed by atoms with Crippen LogP contribution in [0.15, 0.2) is 47.1 Å². The van der Waals surface area contributed by atoms with E-state index in [-0.39, 0.29) is 24.4 Å². The lowest BCUT2D eigenvalue weighted by Gasteiger charge is -2.18. The highest BCUT2D eigenvalue weighted by Gasteiger charge is 2.13. The van der Waals surface area contributed by atoms with E-state index in [4.69, 9.17) is 4.42 Å². The second-order valence-electron chi connectivity index (χ2n) is 5.72. The predicted molar refractivity (Wildman–Crippen MR) is 97.4 cm³/mol. The summed E-state index contributed by atoms with van der Waals surface area (Å²) >= 11 is 0. The first kappa shape index (κ1) is 18.7. The first-order valence-corrected chi connectivity index (χ1v) is 8.51. The summed E-state index contributed by atoms with van der Waals surface area (Å²) < 4.78 is 5.29. The van der Waals surface area contributed by atoms with Crippen LogP contribution in [0.25, 0.3) is 0 Å². The number of amides is 2. The van der Waals surface area contributed by atoms with E-state index < -0.39 is 0 Å². The Morgan fingerprint density at radius 1 is 1.12 bits per heavy atom. The third-order valence-electron chi connectivity index (χ3n) is 4.01. The standard InChI is InChI=1S/C19H25N3O3/c1-4-22(5-2)19(24)15-8-10-16(11-9-15)21-18(23)13-20-14(3)17-7-6-12-25-17/h6-12,14,20H,4-5,13H2,1-3H3,(H,21,23)/t14-/m1/s1. The predicted octanol–water partition coefficient (Wildman–Crippen LogP) is 3.05. The molecule has 0 aliphatic carbocycles. The van der Waals surface area contributed by atoms with Gasteiger partial charge in [-0.05, 0) is 57.2 Å². The summed E-state index contributed by atoms with van der Waals surface area (Å²) in [6, 6.07) is 10.6. The maximum absolute atomic E-state index is 12.3.